The van der Waals surface area contributed by atoms with Crippen LogP contribution in [0.4, 0.5) is 4.79 Å². The lowest BCUT2D eigenvalue weighted by molar-refractivity contribution is -0.139. The zero-order valence-electron chi connectivity index (χ0n) is 16.8. The Kier molecular flexibility index (Phi) is 6.10. The molecule has 0 radical (unpaired) electrons. The first-order valence-corrected chi connectivity index (χ1v) is 10.8. The second-order valence-electron chi connectivity index (χ2n) is 6.67. The number of nitrogens with zero attached hydrogens (tertiary/aromatic N) is 4. The van der Waals surface area contributed by atoms with Gasteiger partial charge in [0.15, 0.2) is 5.65 Å². The number of fused-ring (bicyclic) bond motifs is 1. The lowest BCUT2D eigenvalue weighted by Crippen LogP contribution is -2.46. The standard InChI is InChI=1S/C20H19ClN6O3S/c1-3-30-19(28)15-14(9-31-18-13-8-24-27(2)17(13)22-10-23-18)25-20(29)26-16(15)11-4-6-12(21)7-5-11/h4-8,10,16H,3,9H2,1-2H3,(H2,25,26,29). The number of carbonyl (C=O) groups is 2. The molecule has 1 aliphatic rings. The van der Waals surface area contributed by atoms with Crippen molar-refractivity contribution in [2.75, 3.05) is 12.4 Å². The molecular formula is C20H19ClN6O3S. The van der Waals surface area contributed by atoms with Crippen LogP contribution in [0.15, 0.2) is 53.1 Å². The highest BCUT2D eigenvalue weighted by molar-refractivity contribution is 7.99. The van der Waals surface area contributed by atoms with Crippen LogP contribution < -0.4 is 10.6 Å². The summed E-state index contributed by atoms with van der Waals surface area (Å²) in [5.41, 5.74) is 2.22. The summed E-state index contributed by atoms with van der Waals surface area (Å²) in [5, 5.41) is 11.8. The number of hydrogen-bond donors (Lipinski definition) is 2. The molecule has 0 saturated heterocycles. The van der Waals surface area contributed by atoms with E-state index in [4.69, 9.17) is 16.3 Å². The number of rotatable bonds is 6. The van der Waals surface area contributed by atoms with Crippen molar-refractivity contribution < 1.29 is 14.3 Å². The maximum Gasteiger partial charge on any atom is 0.338 e. The molecule has 2 aromatic heterocycles. The van der Waals surface area contributed by atoms with Gasteiger partial charge in [-0.15, -0.1) is 0 Å². The number of aromatic nitrogens is 4. The van der Waals surface area contributed by atoms with Crippen molar-refractivity contribution in [2.45, 2.75) is 18.0 Å². The van der Waals surface area contributed by atoms with Crippen LogP contribution in [0.5, 0.6) is 0 Å². The number of carbonyl (C=O) groups excluding carboxylic acids is 2. The molecule has 0 spiro atoms. The van der Waals surface area contributed by atoms with E-state index in [2.05, 4.69) is 25.7 Å². The van der Waals surface area contributed by atoms with E-state index in [9.17, 15) is 9.59 Å². The molecule has 3 heterocycles. The third kappa shape index (κ3) is 4.35. The van der Waals surface area contributed by atoms with Crippen LogP contribution in [0.2, 0.25) is 5.02 Å². The monoisotopic (exact) mass is 458 g/mol. The van der Waals surface area contributed by atoms with Crippen LogP contribution in [-0.2, 0) is 16.6 Å². The van der Waals surface area contributed by atoms with Crippen molar-refractivity contribution in [3.05, 3.63) is 58.6 Å². The Hall–Kier alpha value is -3.11. The van der Waals surface area contributed by atoms with Gasteiger partial charge in [-0.3, -0.25) is 4.68 Å². The summed E-state index contributed by atoms with van der Waals surface area (Å²) in [6.45, 7) is 1.95. The molecule has 4 rings (SSSR count). The topological polar surface area (TPSA) is 111 Å². The minimum atomic E-state index is -0.663. The second-order valence-corrected chi connectivity index (χ2v) is 8.07. The van der Waals surface area contributed by atoms with Gasteiger partial charge in [-0.2, -0.15) is 5.10 Å². The van der Waals surface area contributed by atoms with Gasteiger partial charge >= 0.3 is 12.0 Å². The number of hydrogen-bond acceptors (Lipinski definition) is 7. The molecule has 2 N–H and O–H groups in total. The lowest BCUT2D eigenvalue weighted by atomic mass is 9.95. The molecule has 9 nitrogen and oxygen atoms in total. The fraction of sp³-hybridized carbons (Fsp3) is 0.250. The van der Waals surface area contributed by atoms with Gasteiger partial charge in [0.05, 0.1) is 29.8 Å². The summed E-state index contributed by atoms with van der Waals surface area (Å²) in [4.78, 5) is 33.8. The molecule has 31 heavy (non-hydrogen) atoms. The summed E-state index contributed by atoms with van der Waals surface area (Å²) < 4.78 is 6.95. The fourth-order valence-corrected chi connectivity index (χ4v) is 4.34. The maximum atomic E-state index is 12.8. The third-order valence-electron chi connectivity index (χ3n) is 4.70. The Morgan fingerprint density at radius 1 is 1.29 bits per heavy atom. The van der Waals surface area contributed by atoms with Crippen LogP contribution in [0, 0.1) is 0 Å². The second kappa shape index (κ2) is 8.94. The molecule has 11 heteroatoms. The highest BCUT2D eigenvalue weighted by Crippen LogP contribution is 2.32. The number of nitrogens with one attached hydrogen (secondary N) is 2. The molecule has 0 saturated carbocycles. The van der Waals surface area contributed by atoms with Crippen LogP contribution in [-0.4, -0.2) is 44.1 Å². The van der Waals surface area contributed by atoms with Crippen LogP contribution in [0.25, 0.3) is 11.0 Å². The summed E-state index contributed by atoms with van der Waals surface area (Å²) in [6, 6.07) is 5.89. The van der Waals surface area contributed by atoms with Gasteiger partial charge in [-0.25, -0.2) is 19.6 Å². The number of halogens is 1. The molecule has 3 aromatic rings. The quantitative estimate of drug-likeness (QED) is 0.332. The van der Waals surface area contributed by atoms with Gasteiger partial charge in [0, 0.05) is 23.5 Å². The Morgan fingerprint density at radius 3 is 2.81 bits per heavy atom. The maximum absolute atomic E-state index is 12.8. The number of amides is 2. The first kappa shape index (κ1) is 21.1. The summed E-state index contributed by atoms with van der Waals surface area (Å²) >= 11 is 7.38. The van der Waals surface area contributed by atoms with Crippen LogP contribution in [0.3, 0.4) is 0 Å². The molecule has 0 bridgehead atoms. The molecule has 1 aliphatic heterocycles. The van der Waals surface area contributed by atoms with E-state index in [1.54, 1.807) is 49.1 Å². The van der Waals surface area contributed by atoms with Crippen molar-refractivity contribution >= 4 is 46.4 Å². The smallest absolute Gasteiger partial charge is 0.338 e. The molecule has 2 amide bonds. The molecule has 1 unspecified atom stereocenters. The van der Waals surface area contributed by atoms with E-state index < -0.39 is 18.0 Å². The predicted octanol–water partition coefficient (Wildman–Crippen LogP) is 2.98. The number of urea groups is 1. The zero-order chi connectivity index (χ0) is 22.0. The van der Waals surface area contributed by atoms with Gasteiger partial charge in [-0.05, 0) is 24.6 Å². The number of esters is 1. The average molecular weight is 459 g/mol. The van der Waals surface area contributed by atoms with E-state index in [1.807, 2.05) is 0 Å². The summed E-state index contributed by atoms with van der Waals surface area (Å²) in [6.07, 6.45) is 3.15. The Morgan fingerprint density at radius 2 is 2.06 bits per heavy atom. The van der Waals surface area contributed by atoms with Gasteiger partial charge in [-0.1, -0.05) is 35.5 Å². The molecule has 160 valence electrons. The number of benzene rings is 1. The normalized spacial score (nSPS) is 16.2. The average Bonchev–Trinajstić information content (AvgIpc) is 3.14. The molecule has 1 aromatic carbocycles. The first-order chi connectivity index (χ1) is 15.0. The lowest BCUT2D eigenvalue weighted by Gasteiger charge is -2.29. The highest BCUT2D eigenvalue weighted by atomic mass is 35.5. The zero-order valence-corrected chi connectivity index (χ0v) is 18.3. The first-order valence-electron chi connectivity index (χ1n) is 9.46. The summed E-state index contributed by atoms with van der Waals surface area (Å²) in [7, 11) is 1.80. The van der Waals surface area contributed by atoms with Crippen molar-refractivity contribution in [3.63, 3.8) is 0 Å². The van der Waals surface area contributed by atoms with E-state index in [1.165, 1.54) is 18.1 Å². The Balaban J connectivity index is 1.71. The van der Waals surface area contributed by atoms with Gasteiger partial charge in [0.1, 0.15) is 11.4 Å². The van der Waals surface area contributed by atoms with E-state index in [-0.39, 0.29) is 6.61 Å². The van der Waals surface area contributed by atoms with Gasteiger partial charge in [0.25, 0.3) is 0 Å². The number of ether oxygens (including phenoxy) is 1. The van der Waals surface area contributed by atoms with Gasteiger partial charge < -0.3 is 15.4 Å². The van der Waals surface area contributed by atoms with Crippen molar-refractivity contribution in [1.82, 2.24) is 30.4 Å². The van der Waals surface area contributed by atoms with E-state index in [0.29, 0.717) is 32.7 Å². The Bertz CT molecular complexity index is 1180. The molecule has 0 aliphatic carbocycles. The molecular weight excluding hydrogens is 440 g/mol. The van der Waals surface area contributed by atoms with E-state index in [0.717, 1.165) is 10.9 Å². The largest absolute Gasteiger partial charge is 0.463 e. The predicted molar refractivity (Wildman–Crippen MR) is 117 cm³/mol. The van der Waals surface area contributed by atoms with Crippen molar-refractivity contribution in [3.8, 4) is 0 Å². The van der Waals surface area contributed by atoms with E-state index >= 15 is 0 Å². The van der Waals surface area contributed by atoms with Gasteiger partial charge in [0.2, 0.25) is 0 Å². The highest BCUT2D eigenvalue weighted by Gasteiger charge is 2.33. The number of aryl methyl sites for hydroxylation is 1. The fourth-order valence-electron chi connectivity index (χ4n) is 3.28. The molecule has 1 atom stereocenters. The number of thioether (sulfide) groups is 1. The Labute approximate surface area is 187 Å². The van der Waals surface area contributed by atoms with Crippen molar-refractivity contribution in [1.29, 1.82) is 0 Å². The minimum absolute atomic E-state index is 0.215. The third-order valence-corrected chi connectivity index (χ3v) is 5.98. The van der Waals surface area contributed by atoms with Crippen LogP contribution in [0.1, 0.15) is 18.5 Å². The molecule has 0 fully saturated rings. The van der Waals surface area contributed by atoms with Crippen molar-refractivity contribution in [2.24, 2.45) is 7.05 Å². The SMILES string of the molecule is CCOC(=O)C1=C(CSc2ncnc3c2cnn3C)NC(=O)NC1c1ccc(Cl)cc1. The minimum Gasteiger partial charge on any atom is -0.463 e. The van der Waals surface area contributed by atoms with Crippen LogP contribution >= 0.6 is 23.4 Å². The summed E-state index contributed by atoms with van der Waals surface area (Å²) in [5.74, 6) is -0.202.